The van der Waals surface area contributed by atoms with Crippen LogP contribution in [0.5, 0.6) is 0 Å². The maximum Gasteiger partial charge on any atom is 0.433 e. The van der Waals surface area contributed by atoms with Crippen LogP contribution in [-0.2, 0) is 9.57 Å². The van der Waals surface area contributed by atoms with Gasteiger partial charge in [0, 0.05) is 7.05 Å². The number of carbonyl (C=O) groups excluding carboxylic acids is 1. The lowest BCUT2D eigenvalue weighted by Crippen LogP contribution is -2.27. The SMILES string of the molecule is CCCOC(=O)N(C)OCC. The number of amides is 1. The third-order valence-electron chi connectivity index (χ3n) is 1.01. The van der Waals surface area contributed by atoms with Gasteiger partial charge in [-0.05, 0) is 13.3 Å². The average molecular weight is 161 g/mol. The number of hydrogen-bond donors (Lipinski definition) is 0. The van der Waals surface area contributed by atoms with Gasteiger partial charge in [0.2, 0.25) is 0 Å². The van der Waals surface area contributed by atoms with Crippen LogP contribution in [0.3, 0.4) is 0 Å². The Hall–Kier alpha value is -0.770. The summed E-state index contributed by atoms with van der Waals surface area (Å²) in [6, 6.07) is 0. The van der Waals surface area contributed by atoms with E-state index in [-0.39, 0.29) is 0 Å². The molecular formula is C7H15NO3. The zero-order valence-corrected chi connectivity index (χ0v) is 7.29. The summed E-state index contributed by atoms with van der Waals surface area (Å²) in [5, 5.41) is 1.09. The quantitative estimate of drug-likeness (QED) is 0.585. The van der Waals surface area contributed by atoms with E-state index < -0.39 is 6.09 Å². The van der Waals surface area contributed by atoms with Crippen LogP contribution < -0.4 is 0 Å². The maximum absolute atomic E-state index is 10.9. The molecule has 0 atom stereocenters. The van der Waals surface area contributed by atoms with Crippen molar-refractivity contribution in [2.75, 3.05) is 20.3 Å². The molecule has 0 N–H and O–H groups in total. The van der Waals surface area contributed by atoms with Crippen molar-refractivity contribution in [3.05, 3.63) is 0 Å². The van der Waals surface area contributed by atoms with Gasteiger partial charge in [-0.2, -0.15) is 5.06 Å². The van der Waals surface area contributed by atoms with Gasteiger partial charge >= 0.3 is 6.09 Å². The van der Waals surface area contributed by atoms with E-state index in [4.69, 9.17) is 9.57 Å². The van der Waals surface area contributed by atoms with Crippen LogP contribution in [0, 0.1) is 0 Å². The minimum Gasteiger partial charge on any atom is -0.448 e. The first-order chi connectivity index (χ1) is 5.22. The summed E-state index contributed by atoms with van der Waals surface area (Å²) in [6.45, 7) is 4.66. The summed E-state index contributed by atoms with van der Waals surface area (Å²) in [7, 11) is 1.53. The van der Waals surface area contributed by atoms with Crippen LogP contribution in [0.4, 0.5) is 4.79 Å². The van der Waals surface area contributed by atoms with Gasteiger partial charge in [0.1, 0.15) is 0 Å². The molecule has 0 saturated heterocycles. The Kier molecular flexibility index (Phi) is 5.56. The Bertz CT molecular complexity index is 116. The Morgan fingerprint density at radius 1 is 1.45 bits per heavy atom. The smallest absolute Gasteiger partial charge is 0.433 e. The second kappa shape index (κ2) is 5.97. The molecule has 4 heteroatoms. The van der Waals surface area contributed by atoms with Crippen molar-refractivity contribution >= 4 is 6.09 Å². The molecule has 0 fully saturated rings. The summed E-state index contributed by atoms with van der Waals surface area (Å²) < 4.78 is 4.77. The summed E-state index contributed by atoms with van der Waals surface area (Å²) in [6.07, 6.45) is 0.389. The molecule has 0 aromatic rings. The van der Waals surface area contributed by atoms with E-state index in [9.17, 15) is 4.79 Å². The van der Waals surface area contributed by atoms with Gasteiger partial charge in [-0.25, -0.2) is 4.79 Å². The van der Waals surface area contributed by atoms with Gasteiger partial charge in [-0.15, -0.1) is 0 Å². The highest BCUT2D eigenvalue weighted by Gasteiger charge is 2.07. The highest BCUT2D eigenvalue weighted by atomic mass is 16.7. The fraction of sp³-hybridized carbons (Fsp3) is 0.857. The molecule has 0 spiro atoms. The van der Waals surface area contributed by atoms with Crippen molar-refractivity contribution in [2.24, 2.45) is 0 Å². The molecule has 0 rings (SSSR count). The van der Waals surface area contributed by atoms with Crippen molar-refractivity contribution in [3.63, 3.8) is 0 Å². The van der Waals surface area contributed by atoms with E-state index in [2.05, 4.69) is 0 Å². The van der Waals surface area contributed by atoms with Crippen LogP contribution in [0.2, 0.25) is 0 Å². The molecule has 0 aliphatic carbocycles. The second-order valence-corrected chi connectivity index (χ2v) is 2.03. The van der Waals surface area contributed by atoms with Gasteiger partial charge in [0.15, 0.2) is 0 Å². The Labute approximate surface area is 67.0 Å². The molecule has 4 nitrogen and oxygen atoms in total. The molecule has 0 aliphatic rings. The average Bonchev–Trinajstić information content (AvgIpc) is 2.00. The largest absolute Gasteiger partial charge is 0.448 e. The predicted octanol–water partition coefficient (Wildman–Crippen LogP) is 1.42. The van der Waals surface area contributed by atoms with Gasteiger partial charge in [-0.1, -0.05) is 6.92 Å². The molecule has 0 aromatic carbocycles. The molecule has 0 radical (unpaired) electrons. The molecule has 66 valence electrons. The maximum atomic E-state index is 10.9. The standard InChI is InChI=1S/C7H15NO3/c1-4-6-10-7(9)8(3)11-5-2/h4-6H2,1-3H3. The Balaban J connectivity index is 3.47. The fourth-order valence-electron chi connectivity index (χ4n) is 0.527. The van der Waals surface area contributed by atoms with Gasteiger partial charge in [-0.3, -0.25) is 4.84 Å². The van der Waals surface area contributed by atoms with Crippen molar-refractivity contribution in [1.29, 1.82) is 0 Å². The number of hydrogen-bond acceptors (Lipinski definition) is 3. The first-order valence-electron chi connectivity index (χ1n) is 3.75. The molecule has 0 unspecified atom stereocenters. The normalized spacial score (nSPS) is 9.36. The number of rotatable bonds is 4. The van der Waals surface area contributed by atoms with Gasteiger partial charge < -0.3 is 4.74 Å². The molecule has 1 amide bonds. The second-order valence-electron chi connectivity index (χ2n) is 2.03. The number of ether oxygens (including phenoxy) is 1. The van der Waals surface area contributed by atoms with Crippen LogP contribution in [0.25, 0.3) is 0 Å². The van der Waals surface area contributed by atoms with E-state index >= 15 is 0 Å². The van der Waals surface area contributed by atoms with Crippen LogP contribution in [0.15, 0.2) is 0 Å². The van der Waals surface area contributed by atoms with Crippen molar-refractivity contribution in [3.8, 4) is 0 Å². The van der Waals surface area contributed by atoms with Crippen LogP contribution in [-0.4, -0.2) is 31.4 Å². The third kappa shape index (κ3) is 4.61. The molecule has 11 heavy (non-hydrogen) atoms. The minimum atomic E-state index is -0.436. The first-order valence-corrected chi connectivity index (χ1v) is 3.75. The van der Waals surface area contributed by atoms with E-state index in [1.54, 1.807) is 0 Å². The lowest BCUT2D eigenvalue weighted by Gasteiger charge is -2.14. The van der Waals surface area contributed by atoms with Gasteiger partial charge in [0.25, 0.3) is 0 Å². The molecule has 0 aliphatic heterocycles. The molecule has 0 saturated carbocycles. The Morgan fingerprint density at radius 3 is 2.55 bits per heavy atom. The van der Waals surface area contributed by atoms with Crippen molar-refractivity contribution in [1.82, 2.24) is 5.06 Å². The Morgan fingerprint density at radius 2 is 2.09 bits per heavy atom. The monoisotopic (exact) mass is 161 g/mol. The zero-order valence-electron chi connectivity index (χ0n) is 7.29. The predicted molar refractivity (Wildman–Crippen MR) is 41.0 cm³/mol. The lowest BCUT2D eigenvalue weighted by molar-refractivity contribution is -0.114. The topological polar surface area (TPSA) is 38.8 Å². The molecule has 0 aromatic heterocycles. The van der Waals surface area contributed by atoms with E-state index in [0.29, 0.717) is 13.2 Å². The molecular weight excluding hydrogens is 146 g/mol. The number of carbonyl (C=O) groups is 1. The van der Waals surface area contributed by atoms with Crippen molar-refractivity contribution in [2.45, 2.75) is 20.3 Å². The van der Waals surface area contributed by atoms with Crippen LogP contribution >= 0.6 is 0 Å². The zero-order chi connectivity index (χ0) is 8.69. The number of nitrogens with zero attached hydrogens (tertiary/aromatic N) is 1. The van der Waals surface area contributed by atoms with E-state index in [0.717, 1.165) is 11.5 Å². The molecule has 0 heterocycles. The van der Waals surface area contributed by atoms with Gasteiger partial charge in [0.05, 0.1) is 13.2 Å². The van der Waals surface area contributed by atoms with E-state index in [1.807, 2.05) is 13.8 Å². The molecule has 0 bridgehead atoms. The van der Waals surface area contributed by atoms with E-state index in [1.165, 1.54) is 7.05 Å². The van der Waals surface area contributed by atoms with Crippen molar-refractivity contribution < 1.29 is 14.4 Å². The minimum absolute atomic E-state index is 0.436. The highest BCUT2D eigenvalue weighted by Crippen LogP contribution is 1.91. The summed E-state index contributed by atoms with van der Waals surface area (Å²) in [5.74, 6) is 0. The number of hydroxylamine groups is 2. The summed E-state index contributed by atoms with van der Waals surface area (Å²) in [4.78, 5) is 15.7. The first kappa shape index (κ1) is 10.2. The summed E-state index contributed by atoms with van der Waals surface area (Å²) >= 11 is 0. The highest BCUT2D eigenvalue weighted by molar-refractivity contribution is 5.65. The lowest BCUT2D eigenvalue weighted by atomic mass is 10.5. The third-order valence-corrected chi connectivity index (χ3v) is 1.01. The fourth-order valence-corrected chi connectivity index (χ4v) is 0.527. The summed E-state index contributed by atoms with van der Waals surface area (Å²) in [5.41, 5.74) is 0. The van der Waals surface area contributed by atoms with Crippen LogP contribution in [0.1, 0.15) is 20.3 Å².